The normalized spacial score (nSPS) is 23.6. The second kappa shape index (κ2) is 8.54. The fourth-order valence-corrected chi connectivity index (χ4v) is 2.76. The van der Waals surface area contributed by atoms with Gasteiger partial charge in [-0.3, -0.25) is 10.1 Å². The van der Waals surface area contributed by atoms with Crippen LogP contribution in [-0.4, -0.2) is 54.1 Å². The number of amides is 1. The summed E-state index contributed by atoms with van der Waals surface area (Å²) in [7, 11) is 0. The largest absolute Gasteiger partial charge is 0.325 e. The number of unbranched alkanes of at least 4 members (excludes halogenated alkanes) is 1. The van der Waals surface area contributed by atoms with Gasteiger partial charge in [-0.2, -0.15) is 0 Å². The van der Waals surface area contributed by atoms with Crippen molar-refractivity contribution in [3.63, 3.8) is 0 Å². The number of carbonyl (C=O) groups excluding carboxylic acids is 1. The van der Waals surface area contributed by atoms with Gasteiger partial charge in [0.25, 0.3) is 0 Å². The van der Waals surface area contributed by atoms with Crippen molar-refractivity contribution >= 4 is 5.91 Å². The SMILES string of the molecule is CCCCC1NC(C)N(CCN(CC)CCC)C1=O. The van der Waals surface area contributed by atoms with Crippen LogP contribution in [0.25, 0.3) is 0 Å². The molecule has 2 unspecified atom stereocenters. The fourth-order valence-electron chi connectivity index (χ4n) is 2.76. The molecule has 4 heteroatoms. The minimum atomic E-state index is 0.0520. The predicted molar refractivity (Wildman–Crippen MR) is 80.0 cm³/mol. The Morgan fingerprint density at radius 1 is 1.21 bits per heavy atom. The third-order valence-electron chi connectivity index (χ3n) is 3.98. The first-order chi connectivity index (χ1) is 9.13. The first-order valence-electron chi connectivity index (χ1n) is 7.92. The summed E-state index contributed by atoms with van der Waals surface area (Å²) in [4.78, 5) is 16.8. The van der Waals surface area contributed by atoms with Gasteiger partial charge < -0.3 is 9.80 Å². The van der Waals surface area contributed by atoms with E-state index in [0.717, 1.165) is 45.4 Å². The van der Waals surface area contributed by atoms with E-state index in [9.17, 15) is 4.79 Å². The Hall–Kier alpha value is -0.610. The number of hydrogen-bond donors (Lipinski definition) is 1. The lowest BCUT2D eigenvalue weighted by atomic mass is 10.1. The van der Waals surface area contributed by atoms with Gasteiger partial charge in [-0.1, -0.05) is 33.6 Å². The highest BCUT2D eigenvalue weighted by atomic mass is 16.2. The molecular weight excluding hydrogens is 238 g/mol. The Morgan fingerprint density at radius 3 is 2.53 bits per heavy atom. The highest BCUT2D eigenvalue weighted by Crippen LogP contribution is 2.15. The molecule has 112 valence electrons. The average Bonchev–Trinajstić information content (AvgIpc) is 2.67. The minimum absolute atomic E-state index is 0.0520. The van der Waals surface area contributed by atoms with Gasteiger partial charge in [0.15, 0.2) is 0 Å². The Bertz CT molecular complexity index is 270. The number of nitrogens with one attached hydrogen (secondary N) is 1. The van der Waals surface area contributed by atoms with Gasteiger partial charge in [-0.15, -0.1) is 0 Å². The molecule has 0 radical (unpaired) electrons. The van der Waals surface area contributed by atoms with E-state index in [-0.39, 0.29) is 12.2 Å². The first kappa shape index (κ1) is 16.4. The predicted octanol–water partition coefficient (Wildman–Crippen LogP) is 2.05. The summed E-state index contributed by atoms with van der Waals surface area (Å²) >= 11 is 0. The van der Waals surface area contributed by atoms with E-state index >= 15 is 0 Å². The summed E-state index contributed by atoms with van der Waals surface area (Å²) < 4.78 is 0. The van der Waals surface area contributed by atoms with Crippen molar-refractivity contribution in [1.29, 1.82) is 0 Å². The molecule has 0 aromatic carbocycles. The van der Waals surface area contributed by atoms with Crippen LogP contribution in [-0.2, 0) is 4.79 Å². The summed E-state index contributed by atoms with van der Waals surface area (Å²) in [6.45, 7) is 12.7. The van der Waals surface area contributed by atoms with E-state index in [1.807, 2.05) is 4.90 Å². The molecular formula is C15H31N3O. The number of nitrogens with zero attached hydrogens (tertiary/aromatic N) is 2. The highest BCUT2D eigenvalue weighted by molar-refractivity contribution is 5.84. The van der Waals surface area contributed by atoms with Crippen molar-refractivity contribution in [3.05, 3.63) is 0 Å². The zero-order valence-corrected chi connectivity index (χ0v) is 13.1. The Morgan fingerprint density at radius 2 is 1.95 bits per heavy atom. The van der Waals surface area contributed by atoms with Crippen LogP contribution < -0.4 is 5.32 Å². The molecule has 0 bridgehead atoms. The van der Waals surface area contributed by atoms with Gasteiger partial charge in [0.1, 0.15) is 0 Å². The number of hydrogen-bond acceptors (Lipinski definition) is 3. The van der Waals surface area contributed by atoms with Crippen LogP contribution in [0.5, 0.6) is 0 Å². The maximum absolute atomic E-state index is 12.3. The number of rotatable bonds is 9. The minimum Gasteiger partial charge on any atom is -0.325 e. The third-order valence-corrected chi connectivity index (χ3v) is 3.98. The molecule has 1 fully saturated rings. The van der Waals surface area contributed by atoms with Gasteiger partial charge in [0.2, 0.25) is 5.91 Å². The monoisotopic (exact) mass is 269 g/mol. The lowest BCUT2D eigenvalue weighted by Crippen LogP contribution is -2.41. The van der Waals surface area contributed by atoms with Crippen LogP contribution >= 0.6 is 0 Å². The van der Waals surface area contributed by atoms with Crippen molar-refractivity contribution in [1.82, 2.24) is 15.1 Å². The third kappa shape index (κ3) is 4.77. The fraction of sp³-hybridized carbons (Fsp3) is 0.933. The molecule has 1 aliphatic heterocycles. The molecule has 1 aliphatic rings. The molecule has 0 spiro atoms. The second-order valence-corrected chi connectivity index (χ2v) is 5.50. The van der Waals surface area contributed by atoms with Crippen molar-refractivity contribution in [2.45, 2.75) is 65.6 Å². The van der Waals surface area contributed by atoms with E-state index in [1.54, 1.807) is 0 Å². The Labute approximate surface area is 118 Å². The number of carbonyl (C=O) groups is 1. The molecule has 2 atom stereocenters. The average molecular weight is 269 g/mol. The molecule has 1 saturated heterocycles. The summed E-state index contributed by atoms with van der Waals surface area (Å²) in [6, 6.07) is 0.0520. The molecule has 4 nitrogen and oxygen atoms in total. The van der Waals surface area contributed by atoms with E-state index < -0.39 is 0 Å². The topological polar surface area (TPSA) is 35.6 Å². The molecule has 19 heavy (non-hydrogen) atoms. The van der Waals surface area contributed by atoms with Crippen molar-refractivity contribution in [2.75, 3.05) is 26.2 Å². The van der Waals surface area contributed by atoms with E-state index in [4.69, 9.17) is 0 Å². The highest BCUT2D eigenvalue weighted by Gasteiger charge is 2.35. The van der Waals surface area contributed by atoms with Gasteiger partial charge >= 0.3 is 0 Å². The van der Waals surface area contributed by atoms with Gasteiger partial charge in [-0.25, -0.2) is 0 Å². The summed E-state index contributed by atoms with van der Waals surface area (Å²) in [5.41, 5.74) is 0. The van der Waals surface area contributed by atoms with Crippen LogP contribution in [0.15, 0.2) is 0 Å². The second-order valence-electron chi connectivity index (χ2n) is 5.50. The van der Waals surface area contributed by atoms with E-state index in [1.165, 1.54) is 6.42 Å². The van der Waals surface area contributed by atoms with Crippen molar-refractivity contribution in [3.8, 4) is 0 Å². The molecule has 1 rings (SSSR count). The van der Waals surface area contributed by atoms with E-state index in [2.05, 4.69) is 37.9 Å². The summed E-state index contributed by atoms with van der Waals surface area (Å²) in [5, 5.41) is 3.42. The van der Waals surface area contributed by atoms with Crippen LogP contribution in [0.4, 0.5) is 0 Å². The number of likely N-dealkylation sites (N-methyl/N-ethyl adjacent to an activating group) is 1. The maximum Gasteiger partial charge on any atom is 0.241 e. The molecule has 0 saturated carbocycles. The zero-order chi connectivity index (χ0) is 14.3. The van der Waals surface area contributed by atoms with Crippen LogP contribution in [0.1, 0.15) is 53.4 Å². The standard InChI is InChI=1S/C15H31N3O/c1-5-8-9-14-15(19)18(13(4)16-14)12-11-17(7-3)10-6-2/h13-14,16H,5-12H2,1-4H3. The first-order valence-corrected chi connectivity index (χ1v) is 7.92. The Kier molecular flexibility index (Phi) is 7.39. The Balaban J connectivity index is 2.42. The maximum atomic E-state index is 12.3. The smallest absolute Gasteiger partial charge is 0.241 e. The van der Waals surface area contributed by atoms with E-state index in [0.29, 0.717) is 5.91 Å². The summed E-state index contributed by atoms with van der Waals surface area (Å²) in [6.07, 6.45) is 4.62. The van der Waals surface area contributed by atoms with Gasteiger partial charge in [0.05, 0.1) is 12.2 Å². The lowest BCUT2D eigenvalue weighted by Gasteiger charge is -2.26. The molecule has 0 aromatic heterocycles. The molecule has 1 amide bonds. The van der Waals surface area contributed by atoms with Crippen molar-refractivity contribution < 1.29 is 4.79 Å². The molecule has 0 aliphatic carbocycles. The lowest BCUT2D eigenvalue weighted by molar-refractivity contribution is -0.130. The quantitative estimate of drug-likeness (QED) is 0.696. The molecule has 1 N–H and O–H groups in total. The summed E-state index contributed by atoms with van der Waals surface area (Å²) in [5.74, 6) is 0.300. The van der Waals surface area contributed by atoms with Crippen LogP contribution in [0.2, 0.25) is 0 Å². The molecule has 1 heterocycles. The zero-order valence-electron chi connectivity index (χ0n) is 13.1. The van der Waals surface area contributed by atoms with Gasteiger partial charge in [-0.05, 0) is 32.9 Å². The van der Waals surface area contributed by atoms with Gasteiger partial charge in [0, 0.05) is 13.1 Å². The van der Waals surface area contributed by atoms with Crippen molar-refractivity contribution in [2.24, 2.45) is 0 Å². The van der Waals surface area contributed by atoms with Crippen LogP contribution in [0, 0.1) is 0 Å². The van der Waals surface area contributed by atoms with Crippen LogP contribution in [0.3, 0.4) is 0 Å². The molecule has 0 aromatic rings.